The van der Waals surface area contributed by atoms with Crippen molar-refractivity contribution in [2.24, 2.45) is 0 Å². The highest BCUT2D eigenvalue weighted by Crippen LogP contribution is 2.28. The first-order valence-electron chi connectivity index (χ1n) is 16.4. The molecule has 0 aromatic heterocycles. The standard InChI is InChI=1S/C36H45ClN6O2/c1-25(40-30-9-6-16-38-24-30)31-10-4-5-11-34(31)42-17-19-43(20-18-42)36(45)33(21-26-12-14-29(37)15-13-26)41-35(44)32-22-27-7-2-3-8-28(27)23-39-32/h2-5,7-8,10-15,25,30,32-33,38-40H,6,9,16-24H2,1H3,(H,41,44)/t25-,30?,32-,33?/m1/s1. The number of benzene rings is 3. The smallest absolute Gasteiger partial charge is 0.245 e. The fourth-order valence-electron chi connectivity index (χ4n) is 6.94. The fourth-order valence-corrected chi connectivity index (χ4v) is 7.06. The van der Waals surface area contributed by atoms with Gasteiger partial charge >= 0.3 is 0 Å². The quantitative estimate of drug-likeness (QED) is 0.288. The van der Waals surface area contributed by atoms with Crippen molar-refractivity contribution in [1.82, 2.24) is 26.2 Å². The Morgan fingerprint density at radius 2 is 1.69 bits per heavy atom. The van der Waals surface area contributed by atoms with Crippen LogP contribution in [0.1, 0.15) is 48.1 Å². The van der Waals surface area contributed by atoms with E-state index in [4.69, 9.17) is 11.6 Å². The minimum absolute atomic E-state index is 0.0396. The van der Waals surface area contributed by atoms with Crippen LogP contribution in [0.4, 0.5) is 5.69 Å². The number of hydrogen-bond donors (Lipinski definition) is 4. The summed E-state index contributed by atoms with van der Waals surface area (Å²) in [5.74, 6) is -0.179. The van der Waals surface area contributed by atoms with Crippen molar-refractivity contribution < 1.29 is 9.59 Å². The van der Waals surface area contributed by atoms with Crippen molar-refractivity contribution in [3.8, 4) is 0 Å². The van der Waals surface area contributed by atoms with E-state index in [2.05, 4.69) is 69.5 Å². The Kier molecular flexibility index (Phi) is 10.4. The molecule has 3 aliphatic rings. The Balaban J connectivity index is 1.11. The van der Waals surface area contributed by atoms with Gasteiger partial charge in [0.05, 0.1) is 6.04 Å². The second kappa shape index (κ2) is 14.8. The molecule has 3 aliphatic heterocycles. The number of carbonyl (C=O) groups excluding carboxylic acids is 2. The number of hydrogen-bond acceptors (Lipinski definition) is 6. The molecule has 3 aromatic carbocycles. The van der Waals surface area contributed by atoms with Gasteiger partial charge in [-0.05, 0) is 73.2 Å². The number of amides is 2. The van der Waals surface area contributed by atoms with E-state index >= 15 is 0 Å². The lowest BCUT2D eigenvalue weighted by atomic mass is 9.95. The summed E-state index contributed by atoms with van der Waals surface area (Å²) >= 11 is 6.14. The van der Waals surface area contributed by atoms with Crippen molar-refractivity contribution >= 4 is 29.1 Å². The van der Waals surface area contributed by atoms with Gasteiger partial charge in [0.2, 0.25) is 11.8 Å². The zero-order valence-corrected chi connectivity index (χ0v) is 26.9. The van der Waals surface area contributed by atoms with Crippen LogP contribution in [0.2, 0.25) is 5.02 Å². The molecule has 9 heteroatoms. The molecule has 238 valence electrons. The summed E-state index contributed by atoms with van der Waals surface area (Å²) in [6, 6.07) is 24.0. The third kappa shape index (κ3) is 7.87. The lowest BCUT2D eigenvalue weighted by Crippen LogP contribution is -2.58. The highest BCUT2D eigenvalue weighted by molar-refractivity contribution is 6.30. The molecule has 2 fully saturated rings. The Morgan fingerprint density at radius 1 is 0.956 bits per heavy atom. The minimum Gasteiger partial charge on any atom is -0.368 e. The lowest BCUT2D eigenvalue weighted by Gasteiger charge is -2.39. The number of carbonyl (C=O) groups is 2. The van der Waals surface area contributed by atoms with E-state index in [0.717, 1.165) is 31.7 Å². The number of piperazine rings is 1. The Labute approximate surface area is 271 Å². The molecule has 0 bridgehead atoms. The molecule has 6 rings (SSSR count). The minimum atomic E-state index is -0.662. The summed E-state index contributed by atoms with van der Waals surface area (Å²) in [4.78, 5) is 31.9. The predicted octanol–water partition coefficient (Wildman–Crippen LogP) is 3.83. The molecule has 4 N–H and O–H groups in total. The van der Waals surface area contributed by atoms with Crippen molar-refractivity contribution in [1.29, 1.82) is 0 Å². The number of piperidine rings is 1. The third-order valence-electron chi connectivity index (χ3n) is 9.48. The van der Waals surface area contributed by atoms with Gasteiger partial charge in [0.15, 0.2) is 0 Å². The largest absolute Gasteiger partial charge is 0.368 e. The van der Waals surface area contributed by atoms with Crippen molar-refractivity contribution in [3.63, 3.8) is 0 Å². The van der Waals surface area contributed by atoms with Gasteiger partial charge in [-0.15, -0.1) is 0 Å². The van der Waals surface area contributed by atoms with E-state index in [-0.39, 0.29) is 23.9 Å². The van der Waals surface area contributed by atoms with Crippen LogP contribution < -0.4 is 26.2 Å². The topological polar surface area (TPSA) is 88.7 Å². The van der Waals surface area contributed by atoms with Crippen LogP contribution >= 0.6 is 11.6 Å². The van der Waals surface area contributed by atoms with Gasteiger partial charge in [-0.25, -0.2) is 0 Å². The van der Waals surface area contributed by atoms with Crippen LogP contribution in [-0.4, -0.2) is 74.1 Å². The SMILES string of the molecule is C[C@@H](NC1CCCNC1)c1ccccc1N1CCN(C(=O)C(Cc2ccc(Cl)cc2)NC(=O)[C@H]2Cc3ccccc3CN2)CC1. The molecule has 0 radical (unpaired) electrons. The van der Waals surface area contributed by atoms with E-state index in [1.165, 1.54) is 35.2 Å². The number of fused-ring (bicyclic) bond motifs is 1. The number of para-hydroxylation sites is 1. The van der Waals surface area contributed by atoms with E-state index in [0.29, 0.717) is 43.5 Å². The van der Waals surface area contributed by atoms with Gasteiger partial charge in [-0.1, -0.05) is 66.2 Å². The highest BCUT2D eigenvalue weighted by atomic mass is 35.5. The van der Waals surface area contributed by atoms with Crippen molar-refractivity contribution in [2.75, 3.05) is 44.2 Å². The molecular formula is C36H45ClN6O2. The summed E-state index contributed by atoms with van der Waals surface area (Å²) in [6.45, 7) is 7.67. The molecule has 45 heavy (non-hydrogen) atoms. The highest BCUT2D eigenvalue weighted by Gasteiger charge is 2.32. The first-order chi connectivity index (χ1) is 21.9. The van der Waals surface area contributed by atoms with Crippen LogP contribution in [0.15, 0.2) is 72.8 Å². The van der Waals surface area contributed by atoms with E-state index in [9.17, 15) is 9.59 Å². The monoisotopic (exact) mass is 628 g/mol. The second-order valence-electron chi connectivity index (χ2n) is 12.6. The maximum Gasteiger partial charge on any atom is 0.245 e. The first-order valence-corrected chi connectivity index (χ1v) is 16.8. The summed E-state index contributed by atoms with van der Waals surface area (Å²) in [6.07, 6.45) is 3.41. The normalized spacial score (nSPS) is 21.5. The lowest BCUT2D eigenvalue weighted by molar-refractivity contribution is -0.137. The van der Waals surface area contributed by atoms with Gasteiger partial charge in [0.25, 0.3) is 0 Å². The molecule has 2 unspecified atom stereocenters. The third-order valence-corrected chi connectivity index (χ3v) is 9.74. The second-order valence-corrected chi connectivity index (χ2v) is 13.0. The van der Waals surface area contributed by atoms with Crippen molar-refractivity contribution in [3.05, 3.63) is 100 Å². The van der Waals surface area contributed by atoms with Crippen LogP contribution in [0.3, 0.4) is 0 Å². The zero-order chi connectivity index (χ0) is 31.2. The molecule has 3 aromatic rings. The van der Waals surface area contributed by atoms with E-state index in [1.54, 1.807) is 0 Å². The molecule has 2 amide bonds. The Bertz CT molecular complexity index is 1450. The molecular weight excluding hydrogens is 584 g/mol. The molecule has 0 saturated carbocycles. The predicted molar refractivity (Wildman–Crippen MR) is 181 cm³/mol. The number of rotatable bonds is 9. The molecule has 0 aliphatic carbocycles. The van der Waals surface area contributed by atoms with Crippen LogP contribution in [-0.2, 0) is 29.0 Å². The van der Waals surface area contributed by atoms with Gasteiger partial charge < -0.3 is 31.1 Å². The van der Waals surface area contributed by atoms with Crippen LogP contribution in [0.25, 0.3) is 0 Å². The number of halogens is 1. The fraction of sp³-hybridized carbons (Fsp3) is 0.444. The average Bonchev–Trinajstić information content (AvgIpc) is 3.09. The number of anilines is 1. The maximum atomic E-state index is 14.1. The first kappa shape index (κ1) is 31.5. The zero-order valence-electron chi connectivity index (χ0n) is 26.1. The van der Waals surface area contributed by atoms with Gasteiger partial charge in [0.1, 0.15) is 6.04 Å². The summed E-state index contributed by atoms with van der Waals surface area (Å²) in [5, 5.41) is 14.5. The van der Waals surface area contributed by atoms with E-state index in [1.807, 2.05) is 41.3 Å². The molecule has 4 atom stereocenters. The number of nitrogens with one attached hydrogen (secondary N) is 4. The van der Waals surface area contributed by atoms with Gasteiger partial charge in [0, 0.05) is 68.5 Å². The summed E-state index contributed by atoms with van der Waals surface area (Å²) < 4.78 is 0. The molecule has 0 spiro atoms. The van der Waals surface area contributed by atoms with E-state index < -0.39 is 6.04 Å². The summed E-state index contributed by atoms with van der Waals surface area (Å²) in [7, 11) is 0. The van der Waals surface area contributed by atoms with Gasteiger partial charge in [-0.2, -0.15) is 0 Å². The summed E-state index contributed by atoms with van der Waals surface area (Å²) in [5.41, 5.74) is 5.86. The Morgan fingerprint density at radius 3 is 2.44 bits per heavy atom. The number of nitrogens with zero attached hydrogens (tertiary/aromatic N) is 2. The maximum absolute atomic E-state index is 14.1. The average molecular weight is 629 g/mol. The Hall–Kier alpha value is -3.43. The van der Waals surface area contributed by atoms with Crippen LogP contribution in [0, 0.1) is 0 Å². The van der Waals surface area contributed by atoms with Gasteiger partial charge in [-0.3, -0.25) is 9.59 Å². The molecule has 3 heterocycles. The molecule has 8 nitrogen and oxygen atoms in total. The van der Waals surface area contributed by atoms with Crippen molar-refractivity contribution in [2.45, 2.75) is 63.3 Å². The van der Waals surface area contributed by atoms with Crippen LogP contribution in [0.5, 0.6) is 0 Å². The molecule has 2 saturated heterocycles.